The van der Waals surface area contributed by atoms with Gasteiger partial charge in [0.2, 0.25) is 5.91 Å². The number of rotatable bonds is 4. The summed E-state index contributed by atoms with van der Waals surface area (Å²) >= 11 is 0. The van der Waals surface area contributed by atoms with Crippen LogP contribution in [0.25, 0.3) is 0 Å². The molecule has 0 aromatic carbocycles. The maximum absolute atomic E-state index is 12.0. The van der Waals surface area contributed by atoms with E-state index in [4.69, 9.17) is 0 Å². The fraction of sp³-hybridized carbons (Fsp3) is 0.929. The van der Waals surface area contributed by atoms with Crippen LogP contribution < -0.4 is 10.6 Å². The topological polar surface area (TPSA) is 44.4 Å². The van der Waals surface area contributed by atoms with Crippen LogP contribution in [0.3, 0.4) is 0 Å². The van der Waals surface area contributed by atoms with Crippen molar-refractivity contribution in [3.05, 3.63) is 0 Å². The molecule has 0 aromatic heterocycles. The Morgan fingerprint density at radius 2 is 2.00 bits per heavy atom. The molecule has 1 aliphatic carbocycles. The Bertz CT molecular complexity index is 268. The van der Waals surface area contributed by atoms with E-state index in [0.717, 1.165) is 38.3 Å². The van der Waals surface area contributed by atoms with Crippen molar-refractivity contribution in [1.29, 1.82) is 0 Å². The van der Waals surface area contributed by atoms with Crippen LogP contribution in [0.15, 0.2) is 0 Å². The highest BCUT2D eigenvalue weighted by Crippen LogP contribution is 2.23. The van der Waals surface area contributed by atoms with Gasteiger partial charge in [-0.25, -0.2) is 0 Å². The van der Waals surface area contributed by atoms with E-state index in [2.05, 4.69) is 29.5 Å². The summed E-state index contributed by atoms with van der Waals surface area (Å²) < 4.78 is 0. The Balaban J connectivity index is 1.68. The molecule has 1 aliphatic heterocycles. The monoisotopic (exact) mass is 253 g/mol. The summed E-state index contributed by atoms with van der Waals surface area (Å²) in [5.74, 6) is 1.04. The molecule has 0 aromatic rings. The number of carbonyl (C=O) groups is 1. The van der Waals surface area contributed by atoms with Gasteiger partial charge in [-0.15, -0.1) is 0 Å². The van der Waals surface area contributed by atoms with Gasteiger partial charge in [0.1, 0.15) is 0 Å². The number of hydrogen-bond donors (Lipinski definition) is 2. The summed E-state index contributed by atoms with van der Waals surface area (Å²) in [6, 6.07) is 0.950. The zero-order valence-corrected chi connectivity index (χ0v) is 11.7. The van der Waals surface area contributed by atoms with Crippen LogP contribution in [0, 0.1) is 5.92 Å². The van der Waals surface area contributed by atoms with Gasteiger partial charge in [0.05, 0.1) is 6.54 Å². The predicted molar refractivity (Wildman–Crippen MR) is 73.5 cm³/mol. The van der Waals surface area contributed by atoms with Crippen LogP contribution in [0.2, 0.25) is 0 Å². The largest absolute Gasteiger partial charge is 0.352 e. The zero-order chi connectivity index (χ0) is 13.0. The molecule has 0 spiro atoms. The van der Waals surface area contributed by atoms with Gasteiger partial charge in [-0.05, 0) is 51.6 Å². The lowest BCUT2D eigenvalue weighted by atomic mass is 9.87. The molecule has 1 atom stereocenters. The van der Waals surface area contributed by atoms with E-state index < -0.39 is 0 Å². The molecule has 0 radical (unpaired) electrons. The Kier molecular flexibility index (Phi) is 5.01. The van der Waals surface area contributed by atoms with E-state index in [-0.39, 0.29) is 5.91 Å². The maximum Gasteiger partial charge on any atom is 0.234 e. The van der Waals surface area contributed by atoms with Crippen molar-refractivity contribution < 1.29 is 4.79 Å². The fourth-order valence-corrected chi connectivity index (χ4v) is 3.05. The van der Waals surface area contributed by atoms with Gasteiger partial charge in [0, 0.05) is 18.6 Å². The molecule has 1 unspecified atom stereocenters. The molecule has 18 heavy (non-hydrogen) atoms. The average Bonchev–Trinajstić information content (AvgIpc) is 2.85. The zero-order valence-electron chi connectivity index (χ0n) is 11.7. The van der Waals surface area contributed by atoms with Crippen molar-refractivity contribution in [1.82, 2.24) is 15.5 Å². The standard InChI is InChI=1S/C14H27N3O/c1-11-3-5-12(6-4-11)16-14(18)10-17(2)13-7-8-15-9-13/h11-13,15H,3-10H2,1-2H3,(H,16,18). The third-order valence-corrected chi connectivity index (χ3v) is 4.43. The Morgan fingerprint density at radius 1 is 1.28 bits per heavy atom. The summed E-state index contributed by atoms with van der Waals surface area (Å²) in [4.78, 5) is 14.2. The number of nitrogens with zero attached hydrogens (tertiary/aromatic N) is 1. The first-order valence-corrected chi connectivity index (χ1v) is 7.35. The van der Waals surface area contributed by atoms with E-state index >= 15 is 0 Å². The van der Waals surface area contributed by atoms with E-state index in [9.17, 15) is 4.79 Å². The van der Waals surface area contributed by atoms with Crippen molar-refractivity contribution in [3.63, 3.8) is 0 Å². The Hall–Kier alpha value is -0.610. The van der Waals surface area contributed by atoms with Crippen LogP contribution in [0.4, 0.5) is 0 Å². The van der Waals surface area contributed by atoms with E-state index in [1.165, 1.54) is 12.8 Å². The third-order valence-electron chi connectivity index (χ3n) is 4.43. The van der Waals surface area contributed by atoms with Crippen molar-refractivity contribution >= 4 is 5.91 Å². The van der Waals surface area contributed by atoms with Crippen molar-refractivity contribution in [3.8, 4) is 0 Å². The highest BCUT2D eigenvalue weighted by molar-refractivity contribution is 5.78. The van der Waals surface area contributed by atoms with E-state index in [1.807, 2.05) is 0 Å². The summed E-state index contributed by atoms with van der Waals surface area (Å²) in [5.41, 5.74) is 0. The molecule has 2 rings (SSSR count). The van der Waals surface area contributed by atoms with Crippen LogP contribution >= 0.6 is 0 Å². The molecule has 4 heteroatoms. The van der Waals surface area contributed by atoms with Crippen LogP contribution in [0.5, 0.6) is 0 Å². The lowest BCUT2D eigenvalue weighted by molar-refractivity contribution is -0.123. The average molecular weight is 253 g/mol. The molecule has 1 amide bonds. The summed E-state index contributed by atoms with van der Waals surface area (Å²) in [6.07, 6.45) is 5.98. The number of likely N-dealkylation sites (N-methyl/N-ethyl adjacent to an activating group) is 1. The second-order valence-electron chi connectivity index (χ2n) is 6.09. The first-order valence-electron chi connectivity index (χ1n) is 7.35. The van der Waals surface area contributed by atoms with Crippen LogP contribution in [-0.2, 0) is 4.79 Å². The first kappa shape index (κ1) is 13.8. The summed E-state index contributed by atoms with van der Waals surface area (Å²) in [6.45, 7) is 4.94. The molecule has 1 saturated heterocycles. The van der Waals surface area contributed by atoms with Gasteiger partial charge in [-0.3, -0.25) is 9.69 Å². The van der Waals surface area contributed by atoms with Gasteiger partial charge in [-0.1, -0.05) is 6.92 Å². The van der Waals surface area contributed by atoms with Gasteiger partial charge in [-0.2, -0.15) is 0 Å². The van der Waals surface area contributed by atoms with Gasteiger partial charge >= 0.3 is 0 Å². The minimum absolute atomic E-state index is 0.198. The third kappa shape index (κ3) is 3.95. The Morgan fingerprint density at radius 3 is 2.61 bits per heavy atom. The lowest BCUT2D eigenvalue weighted by Gasteiger charge is -2.28. The molecule has 2 aliphatic rings. The maximum atomic E-state index is 12.0. The molecule has 2 N–H and O–H groups in total. The number of carbonyl (C=O) groups excluding carboxylic acids is 1. The highest BCUT2D eigenvalue weighted by Gasteiger charge is 2.23. The molecule has 104 valence electrons. The van der Waals surface area contributed by atoms with Gasteiger partial charge in [0.15, 0.2) is 0 Å². The predicted octanol–water partition coefficient (Wildman–Crippen LogP) is 0.975. The van der Waals surface area contributed by atoms with Gasteiger partial charge in [0.25, 0.3) is 0 Å². The molecule has 1 heterocycles. The SMILES string of the molecule is CC1CCC(NC(=O)CN(C)C2CCNC2)CC1. The van der Waals surface area contributed by atoms with Crippen LogP contribution in [-0.4, -0.2) is 49.6 Å². The number of hydrogen-bond acceptors (Lipinski definition) is 3. The fourth-order valence-electron chi connectivity index (χ4n) is 3.05. The van der Waals surface area contributed by atoms with Gasteiger partial charge < -0.3 is 10.6 Å². The number of amides is 1. The molecule has 1 saturated carbocycles. The second kappa shape index (κ2) is 6.53. The summed E-state index contributed by atoms with van der Waals surface area (Å²) in [7, 11) is 2.06. The number of nitrogens with one attached hydrogen (secondary N) is 2. The molecular formula is C14H27N3O. The quantitative estimate of drug-likeness (QED) is 0.785. The molecule has 2 fully saturated rings. The van der Waals surface area contributed by atoms with Crippen molar-refractivity contribution in [2.45, 2.75) is 51.1 Å². The second-order valence-corrected chi connectivity index (χ2v) is 6.09. The lowest BCUT2D eigenvalue weighted by Crippen LogP contribution is -2.45. The minimum Gasteiger partial charge on any atom is -0.352 e. The molecule has 0 bridgehead atoms. The smallest absolute Gasteiger partial charge is 0.234 e. The van der Waals surface area contributed by atoms with E-state index in [1.54, 1.807) is 0 Å². The highest BCUT2D eigenvalue weighted by atomic mass is 16.2. The molecular weight excluding hydrogens is 226 g/mol. The first-order chi connectivity index (χ1) is 8.65. The minimum atomic E-state index is 0.198. The summed E-state index contributed by atoms with van der Waals surface area (Å²) in [5, 5.41) is 6.53. The van der Waals surface area contributed by atoms with Crippen LogP contribution in [0.1, 0.15) is 39.0 Å². The van der Waals surface area contributed by atoms with Crippen molar-refractivity contribution in [2.24, 2.45) is 5.92 Å². The normalized spacial score (nSPS) is 32.7. The van der Waals surface area contributed by atoms with Crippen molar-refractivity contribution in [2.75, 3.05) is 26.7 Å². The Labute approximate surface area is 110 Å². The van der Waals surface area contributed by atoms with E-state index in [0.29, 0.717) is 18.6 Å². The molecule has 4 nitrogen and oxygen atoms in total.